The van der Waals surface area contributed by atoms with E-state index in [1.165, 1.54) is 0 Å². The first-order valence-electron chi connectivity index (χ1n) is 8.19. The number of carboxylic acid groups (broad SMARTS) is 1. The number of carboxylic acids is 1. The van der Waals surface area contributed by atoms with E-state index in [0.29, 0.717) is 0 Å². The third-order valence-electron chi connectivity index (χ3n) is 4.83. The van der Waals surface area contributed by atoms with E-state index < -0.39 is 24.3 Å². The molecule has 1 saturated heterocycles. The molecule has 0 spiro atoms. The molecule has 23 heavy (non-hydrogen) atoms. The van der Waals surface area contributed by atoms with Crippen LogP contribution in [0.5, 0.6) is 0 Å². The van der Waals surface area contributed by atoms with Gasteiger partial charge in [-0.1, -0.05) is 6.92 Å². The Labute approximate surface area is 138 Å². The summed E-state index contributed by atoms with van der Waals surface area (Å²) >= 11 is 0. The largest absolute Gasteiger partial charge is 0.481 e. The van der Waals surface area contributed by atoms with Gasteiger partial charge in [0.25, 0.3) is 0 Å². The van der Waals surface area contributed by atoms with Crippen LogP contribution in [0.3, 0.4) is 0 Å². The van der Waals surface area contributed by atoms with Crippen LogP contribution in [0.15, 0.2) is 6.20 Å². The van der Waals surface area contributed by atoms with Crippen LogP contribution in [0.25, 0.3) is 0 Å². The average molecular weight is 322 g/mol. The van der Waals surface area contributed by atoms with Crippen molar-refractivity contribution in [2.24, 2.45) is 0 Å². The lowest BCUT2D eigenvalue weighted by Crippen LogP contribution is -2.41. The second kappa shape index (κ2) is 6.28. The first-order valence-corrected chi connectivity index (χ1v) is 8.19. The van der Waals surface area contributed by atoms with Gasteiger partial charge in [0.2, 0.25) is 0 Å². The molecular weight excluding hydrogens is 295 g/mol. The highest BCUT2D eigenvalue weighted by Gasteiger charge is 2.54. The van der Waals surface area contributed by atoms with E-state index in [1.807, 2.05) is 45.5 Å². The number of hydrogen-bond donors (Lipinski definition) is 1. The number of carbonyl (C=O) groups is 1. The minimum Gasteiger partial charge on any atom is -0.481 e. The maximum Gasteiger partial charge on any atom is 0.466 e. The smallest absolute Gasteiger partial charge is 0.466 e. The lowest BCUT2D eigenvalue weighted by atomic mass is 9.66. The molecule has 1 unspecified atom stereocenters. The number of aryl methyl sites for hydroxylation is 2. The molecule has 1 aliphatic heterocycles. The lowest BCUT2D eigenvalue weighted by Gasteiger charge is -2.32. The summed E-state index contributed by atoms with van der Waals surface area (Å²) in [6.07, 6.45) is 2.85. The van der Waals surface area contributed by atoms with Crippen LogP contribution in [0.1, 0.15) is 64.5 Å². The summed E-state index contributed by atoms with van der Waals surface area (Å²) in [7, 11) is -0.589. The van der Waals surface area contributed by atoms with Gasteiger partial charge in [-0.25, -0.2) is 0 Å². The fourth-order valence-electron chi connectivity index (χ4n) is 2.83. The van der Waals surface area contributed by atoms with Crippen LogP contribution in [-0.2, 0) is 20.6 Å². The number of hydrogen-bond acceptors (Lipinski definition) is 4. The van der Waals surface area contributed by atoms with Crippen molar-refractivity contribution in [3.05, 3.63) is 17.5 Å². The van der Waals surface area contributed by atoms with E-state index >= 15 is 0 Å². The summed E-state index contributed by atoms with van der Waals surface area (Å²) in [5.41, 5.74) is 0.752. The Morgan fingerprint density at radius 1 is 1.35 bits per heavy atom. The van der Waals surface area contributed by atoms with E-state index in [9.17, 15) is 9.90 Å². The standard InChI is InChI=1S/C16H27BN2O4/c1-7-8-19-10-12(11(2)18-19)13(9-14(20)21)17-22-15(3,4)16(5,6)23-17/h10,13H,7-9H2,1-6H3,(H,20,21). The quantitative estimate of drug-likeness (QED) is 0.815. The van der Waals surface area contributed by atoms with Crippen molar-refractivity contribution in [1.82, 2.24) is 9.78 Å². The summed E-state index contributed by atoms with van der Waals surface area (Å²) in [5, 5.41) is 13.8. The van der Waals surface area contributed by atoms with Crippen molar-refractivity contribution in [3.63, 3.8) is 0 Å². The Balaban J connectivity index is 2.33. The van der Waals surface area contributed by atoms with Gasteiger partial charge in [-0.3, -0.25) is 9.48 Å². The highest BCUT2D eigenvalue weighted by molar-refractivity contribution is 6.48. The van der Waals surface area contributed by atoms with Crippen molar-refractivity contribution < 1.29 is 19.2 Å². The van der Waals surface area contributed by atoms with Gasteiger partial charge in [0.05, 0.1) is 23.3 Å². The van der Waals surface area contributed by atoms with E-state index in [-0.39, 0.29) is 12.2 Å². The first kappa shape index (κ1) is 18.0. The molecule has 2 heterocycles. The van der Waals surface area contributed by atoms with Crippen LogP contribution >= 0.6 is 0 Å². The SMILES string of the molecule is CCCn1cc(C(CC(=O)O)B2OC(C)(C)C(C)(C)O2)c(C)n1. The van der Waals surface area contributed by atoms with E-state index in [4.69, 9.17) is 9.31 Å². The molecule has 6 nitrogen and oxygen atoms in total. The van der Waals surface area contributed by atoms with Gasteiger partial charge in [-0.05, 0) is 46.6 Å². The highest BCUT2D eigenvalue weighted by atomic mass is 16.7. The Hall–Kier alpha value is -1.34. The molecule has 128 valence electrons. The molecule has 0 aliphatic carbocycles. The van der Waals surface area contributed by atoms with Crippen molar-refractivity contribution in [2.45, 2.75) is 77.9 Å². The molecular formula is C16H27BN2O4. The van der Waals surface area contributed by atoms with Crippen LogP contribution < -0.4 is 0 Å². The van der Waals surface area contributed by atoms with E-state index in [0.717, 1.165) is 24.2 Å². The van der Waals surface area contributed by atoms with Crippen LogP contribution in [-0.4, -0.2) is 39.2 Å². The fraction of sp³-hybridized carbons (Fsp3) is 0.750. The molecule has 1 aromatic rings. The fourth-order valence-corrected chi connectivity index (χ4v) is 2.83. The van der Waals surface area contributed by atoms with Gasteiger partial charge < -0.3 is 14.4 Å². The van der Waals surface area contributed by atoms with Gasteiger partial charge in [-0.15, -0.1) is 0 Å². The number of rotatable bonds is 6. The van der Waals surface area contributed by atoms with Crippen LogP contribution in [0.2, 0.25) is 0 Å². The summed E-state index contributed by atoms with van der Waals surface area (Å²) in [6.45, 7) is 12.7. The maximum absolute atomic E-state index is 11.4. The van der Waals surface area contributed by atoms with Gasteiger partial charge in [0.1, 0.15) is 0 Å². The van der Waals surface area contributed by atoms with Gasteiger partial charge in [-0.2, -0.15) is 5.10 Å². The zero-order chi connectivity index (χ0) is 17.4. The number of aliphatic carboxylic acids is 1. The molecule has 0 aromatic carbocycles. The van der Waals surface area contributed by atoms with Crippen molar-refractivity contribution in [3.8, 4) is 0 Å². The number of aromatic nitrogens is 2. The summed E-state index contributed by atoms with van der Waals surface area (Å²) in [6, 6.07) is 0. The molecule has 1 aromatic heterocycles. The summed E-state index contributed by atoms with van der Waals surface area (Å²) in [4.78, 5) is 11.4. The number of nitrogens with zero attached hydrogens (tertiary/aromatic N) is 2. The van der Waals surface area contributed by atoms with E-state index in [2.05, 4.69) is 12.0 Å². The first-order chi connectivity index (χ1) is 10.6. The Morgan fingerprint density at radius 3 is 2.39 bits per heavy atom. The normalized spacial score (nSPS) is 20.7. The van der Waals surface area contributed by atoms with Crippen molar-refractivity contribution >= 4 is 13.1 Å². The van der Waals surface area contributed by atoms with Gasteiger partial charge in [0.15, 0.2) is 0 Å². The Bertz CT molecular complexity index is 567. The Kier molecular flexibility index (Phi) is 4.92. The summed E-state index contributed by atoms with van der Waals surface area (Å²) in [5.74, 6) is -1.24. The molecule has 1 aliphatic rings. The average Bonchev–Trinajstić information content (AvgIpc) is 2.84. The van der Waals surface area contributed by atoms with Gasteiger partial charge in [0, 0.05) is 18.6 Å². The third-order valence-corrected chi connectivity index (χ3v) is 4.83. The van der Waals surface area contributed by atoms with E-state index in [1.54, 1.807) is 0 Å². The molecule has 2 rings (SSSR count). The van der Waals surface area contributed by atoms with Crippen molar-refractivity contribution in [1.29, 1.82) is 0 Å². The minimum absolute atomic E-state index is 0.0461. The lowest BCUT2D eigenvalue weighted by molar-refractivity contribution is -0.137. The summed E-state index contributed by atoms with van der Waals surface area (Å²) < 4.78 is 14.0. The molecule has 0 bridgehead atoms. The molecule has 1 fully saturated rings. The second-order valence-electron chi connectivity index (χ2n) is 7.26. The predicted molar refractivity (Wildman–Crippen MR) is 88.3 cm³/mol. The Morgan fingerprint density at radius 2 is 1.91 bits per heavy atom. The monoisotopic (exact) mass is 322 g/mol. The zero-order valence-corrected chi connectivity index (χ0v) is 14.9. The van der Waals surface area contributed by atoms with Crippen LogP contribution in [0, 0.1) is 6.92 Å². The predicted octanol–water partition coefficient (Wildman–Crippen LogP) is 2.79. The van der Waals surface area contributed by atoms with Crippen LogP contribution in [0.4, 0.5) is 0 Å². The van der Waals surface area contributed by atoms with Crippen molar-refractivity contribution in [2.75, 3.05) is 0 Å². The third kappa shape index (κ3) is 3.61. The topological polar surface area (TPSA) is 73.6 Å². The highest BCUT2D eigenvalue weighted by Crippen LogP contribution is 2.42. The minimum atomic E-state index is -0.868. The molecule has 0 saturated carbocycles. The van der Waals surface area contributed by atoms with Gasteiger partial charge >= 0.3 is 13.1 Å². The second-order valence-corrected chi connectivity index (χ2v) is 7.26. The molecule has 1 N–H and O–H groups in total. The maximum atomic E-state index is 11.4. The molecule has 7 heteroatoms. The molecule has 1 atom stereocenters. The molecule has 0 radical (unpaired) electrons. The molecule has 0 amide bonds. The zero-order valence-electron chi connectivity index (χ0n) is 14.9.